The summed E-state index contributed by atoms with van der Waals surface area (Å²) in [6.45, 7) is 6.12. The monoisotopic (exact) mass is 418 g/mol. The van der Waals surface area contributed by atoms with Gasteiger partial charge in [-0.2, -0.15) is 5.10 Å². The van der Waals surface area contributed by atoms with Crippen LogP contribution in [0.5, 0.6) is 0 Å². The predicted octanol–water partition coefficient (Wildman–Crippen LogP) is 5.25. The zero-order chi connectivity index (χ0) is 21.3. The fraction of sp³-hybridized carbons (Fsp3) is 0.292. The summed E-state index contributed by atoms with van der Waals surface area (Å²) >= 11 is 1.65. The van der Waals surface area contributed by atoms with Gasteiger partial charge in [0.1, 0.15) is 5.01 Å². The van der Waals surface area contributed by atoms with Crippen molar-refractivity contribution >= 4 is 27.5 Å². The van der Waals surface area contributed by atoms with Crippen molar-refractivity contribution < 1.29 is 4.79 Å². The molecule has 0 aliphatic carbocycles. The van der Waals surface area contributed by atoms with Crippen molar-refractivity contribution in [2.45, 2.75) is 39.7 Å². The van der Waals surface area contributed by atoms with E-state index in [4.69, 9.17) is 10.1 Å². The molecule has 0 saturated carbocycles. The van der Waals surface area contributed by atoms with Crippen molar-refractivity contribution in [3.05, 3.63) is 76.6 Å². The molecule has 6 heteroatoms. The minimum atomic E-state index is -0.0517. The lowest BCUT2D eigenvalue weighted by molar-refractivity contribution is -0.131. The van der Waals surface area contributed by atoms with Gasteiger partial charge in [0.15, 0.2) is 0 Å². The van der Waals surface area contributed by atoms with Gasteiger partial charge in [0.25, 0.3) is 0 Å². The van der Waals surface area contributed by atoms with Crippen LogP contribution in [0.2, 0.25) is 0 Å². The Kier molecular flexibility index (Phi) is 5.68. The molecule has 0 bridgehead atoms. The maximum Gasteiger partial charge on any atom is 0.223 e. The van der Waals surface area contributed by atoms with Crippen LogP contribution in [-0.4, -0.2) is 32.6 Å². The van der Waals surface area contributed by atoms with Gasteiger partial charge in [-0.1, -0.05) is 30.3 Å². The van der Waals surface area contributed by atoms with Gasteiger partial charge in [0.05, 0.1) is 27.6 Å². The summed E-state index contributed by atoms with van der Waals surface area (Å²) in [6, 6.07) is 18.1. The lowest BCUT2D eigenvalue weighted by Gasteiger charge is -2.23. The third-order valence-electron chi connectivity index (χ3n) is 5.67. The van der Waals surface area contributed by atoms with Crippen LogP contribution in [0.15, 0.2) is 54.6 Å². The Morgan fingerprint density at radius 3 is 2.53 bits per heavy atom. The maximum atomic E-state index is 12.9. The topological polar surface area (TPSA) is 51.0 Å². The van der Waals surface area contributed by atoms with E-state index in [0.717, 1.165) is 37.9 Å². The number of rotatable bonds is 6. The molecular formula is C24H26N4OS. The standard InChI is InChI=1S/C24H26N4OS/c1-16-20(17(2)28(26-16)19-10-6-5-7-11-19)14-15-23(29)27(4)18(3)24-25-21-12-8-9-13-22(21)30-24/h5-13,18H,14-15H2,1-4H3/t18-/m1/s1. The molecule has 0 N–H and O–H groups in total. The van der Waals surface area contributed by atoms with Crippen LogP contribution in [0.3, 0.4) is 0 Å². The number of nitrogens with zero attached hydrogens (tertiary/aromatic N) is 4. The average Bonchev–Trinajstić information content (AvgIpc) is 3.32. The van der Waals surface area contributed by atoms with Crippen LogP contribution < -0.4 is 0 Å². The summed E-state index contributed by atoms with van der Waals surface area (Å²) in [6.07, 6.45) is 1.13. The molecule has 154 valence electrons. The van der Waals surface area contributed by atoms with Crippen molar-refractivity contribution in [1.29, 1.82) is 0 Å². The van der Waals surface area contributed by atoms with Crippen LogP contribution in [0.25, 0.3) is 15.9 Å². The van der Waals surface area contributed by atoms with Gasteiger partial charge >= 0.3 is 0 Å². The van der Waals surface area contributed by atoms with Gasteiger partial charge in [-0.15, -0.1) is 11.3 Å². The van der Waals surface area contributed by atoms with E-state index in [9.17, 15) is 4.79 Å². The number of para-hydroxylation sites is 2. The van der Waals surface area contributed by atoms with Gasteiger partial charge in [-0.3, -0.25) is 4.79 Å². The lowest BCUT2D eigenvalue weighted by atomic mass is 10.1. The van der Waals surface area contributed by atoms with E-state index in [-0.39, 0.29) is 11.9 Å². The fourth-order valence-corrected chi connectivity index (χ4v) is 4.78. The molecule has 0 aliphatic heterocycles. The molecule has 0 unspecified atom stereocenters. The Morgan fingerprint density at radius 1 is 1.10 bits per heavy atom. The Bertz CT molecular complexity index is 1150. The SMILES string of the molecule is Cc1nn(-c2ccccc2)c(C)c1CCC(=O)N(C)[C@H](C)c1nc2ccccc2s1. The number of thiazole rings is 1. The molecular weight excluding hydrogens is 392 g/mol. The third kappa shape index (κ3) is 3.87. The number of aryl methyl sites for hydroxylation is 1. The van der Waals surface area contributed by atoms with E-state index in [1.807, 2.05) is 79.0 Å². The van der Waals surface area contributed by atoms with Gasteiger partial charge in [-0.25, -0.2) is 9.67 Å². The number of benzene rings is 2. The Balaban J connectivity index is 1.46. The summed E-state index contributed by atoms with van der Waals surface area (Å²) < 4.78 is 3.11. The van der Waals surface area contributed by atoms with E-state index < -0.39 is 0 Å². The number of hydrogen-bond donors (Lipinski definition) is 0. The average molecular weight is 419 g/mol. The smallest absolute Gasteiger partial charge is 0.223 e. The third-order valence-corrected chi connectivity index (χ3v) is 6.88. The molecule has 0 spiro atoms. The molecule has 0 aliphatic rings. The number of aromatic nitrogens is 3. The second-order valence-corrected chi connectivity index (χ2v) is 8.66. The number of carbonyl (C=O) groups excluding carboxylic acids is 1. The van der Waals surface area contributed by atoms with Crippen molar-refractivity contribution in [2.24, 2.45) is 0 Å². The van der Waals surface area contributed by atoms with Crippen LogP contribution >= 0.6 is 11.3 Å². The molecule has 4 rings (SSSR count). The minimum Gasteiger partial charge on any atom is -0.337 e. The van der Waals surface area contributed by atoms with Crippen molar-refractivity contribution in [3.63, 3.8) is 0 Å². The molecule has 2 aromatic heterocycles. The fourth-order valence-electron chi connectivity index (χ4n) is 3.72. The highest BCUT2D eigenvalue weighted by Gasteiger charge is 2.22. The zero-order valence-electron chi connectivity index (χ0n) is 17.8. The zero-order valence-corrected chi connectivity index (χ0v) is 18.6. The van der Waals surface area contributed by atoms with Crippen LogP contribution in [-0.2, 0) is 11.2 Å². The first-order chi connectivity index (χ1) is 14.5. The molecule has 1 atom stereocenters. The molecule has 4 aromatic rings. The summed E-state index contributed by atoms with van der Waals surface area (Å²) in [5.74, 6) is 0.119. The van der Waals surface area contributed by atoms with Crippen molar-refractivity contribution in [2.75, 3.05) is 7.05 Å². The lowest BCUT2D eigenvalue weighted by Crippen LogP contribution is -2.29. The molecule has 30 heavy (non-hydrogen) atoms. The van der Waals surface area contributed by atoms with Crippen LogP contribution in [0.4, 0.5) is 0 Å². The minimum absolute atomic E-state index is 0.0517. The first-order valence-corrected chi connectivity index (χ1v) is 11.0. The number of hydrogen-bond acceptors (Lipinski definition) is 4. The van der Waals surface area contributed by atoms with Gasteiger partial charge in [0, 0.05) is 19.2 Å². The number of amides is 1. The Hall–Kier alpha value is -2.99. The number of carbonyl (C=O) groups is 1. The molecule has 1 amide bonds. The van der Waals surface area contributed by atoms with Gasteiger partial charge in [-0.05, 0) is 57.0 Å². The normalized spacial score (nSPS) is 12.3. The largest absolute Gasteiger partial charge is 0.337 e. The van der Waals surface area contributed by atoms with E-state index >= 15 is 0 Å². The summed E-state index contributed by atoms with van der Waals surface area (Å²) in [5, 5.41) is 5.66. The Morgan fingerprint density at radius 2 is 1.80 bits per heavy atom. The Labute approximate surface area is 181 Å². The molecule has 2 aromatic carbocycles. The maximum absolute atomic E-state index is 12.9. The van der Waals surface area contributed by atoms with Gasteiger partial charge < -0.3 is 4.90 Å². The molecule has 0 radical (unpaired) electrons. The van der Waals surface area contributed by atoms with E-state index in [1.165, 1.54) is 0 Å². The highest BCUT2D eigenvalue weighted by Crippen LogP contribution is 2.29. The molecule has 0 fully saturated rings. The van der Waals surface area contributed by atoms with E-state index in [2.05, 4.69) is 13.0 Å². The highest BCUT2D eigenvalue weighted by atomic mass is 32.1. The summed E-state index contributed by atoms with van der Waals surface area (Å²) in [5.41, 5.74) is 5.25. The van der Waals surface area contributed by atoms with E-state index in [0.29, 0.717) is 12.8 Å². The van der Waals surface area contributed by atoms with Crippen LogP contribution in [0.1, 0.15) is 41.3 Å². The molecule has 2 heterocycles. The molecule has 0 saturated heterocycles. The first kappa shape index (κ1) is 20.3. The van der Waals surface area contributed by atoms with E-state index in [1.54, 1.807) is 11.3 Å². The highest BCUT2D eigenvalue weighted by molar-refractivity contribution is 7.18. The predicted molar refractivity (Wildman–Crippen MR) is 122 cm³/mol. The second kappa shape index (κ2) is 8.40. The van der Waals surface area contributed by atoms with Gasteiger partial charge in [0.2, 0.25) is 5.91 Å². The summed E-state index contributed by atoms with van der Waals surface area (Å²) in [4.78, 5) is 19.4. The molecule has 5 nitrogen and oxygen atoms in total. The second-order valence-electron chi connectivity index (χ2n) is 7.60. The van der Waals surface area contributed by atoms with Crippen molar-refractivity contribution in [1.82, 2.24) is 19.7 Å². The summed E-state index contributed by atoms with van der Waals surface area (Å²) in [7, 11) is 1.87. The van der Waals surface area contributed by atoms with Crippen molar-refractivity contribution in [3.8, 4) is 5.69 Å². The van der Waals surface area contributed by atoms with Crippen LogP contribution in [0, 0.1) is 13.8 Å². The number of fused-ring (bicyclic) bond motifs is 1. The quantitative estimate of drug-likeness (QED) is 0.430. The first-order valence-electron chi connectivity index (χ1n) is 10.2.